The van der Waals surface area contributed by atoms with E-state index in [0.29, 0.717) is 17.8 Å². The third-order valence-electron chi connectivity index (χ3n) is 1.95. The highest BCUT2D eigenvalue weighted by atomic mass is 16.6. The Morgan fingerprint density at radius 2 is 2.40 bits per heavy atom. The van der Waals surface area contributed by atoms with Crippen LogP contribution in [-0.4, -0.2) is 28.0 Å². The molecule has 0 aromatic carbocycles. The summed E-state index contributed by atoms with van der Waals surface area (Å²) in [7, 11) is 3.08. The van der Waals surface area contributed by atoms with Gasteiger partial charge in [0.05, 0.1) is 4.92 Å². The van der Waals surface area contributed by atoms with Crippen LogP contribution in [0.2, 0.25) is 0 Å². The maximum atomic E-state index is 10.8. The van der Waals surface area contributed by atoms with Crippen molar-refractivity contribution in [2.75, 3.05) is 7.11 Å². The minimum Gasteiger partial charge on any atom is -0.399 e. The Kier molecular flexibility index (Phi) is 3.37. The molecule has 1 rings (SSSR count). The molecule has 15 heavy (non-hydrogen) atoms. The molecule has 1 aromatic rings. The second-order valence-electron chi connectivity index (χ2n) is 2.94. The van der Waals surface area contributed by atoms with Crippen molar-refractivity contribution < 1.29 is 9.76 Å². The molecule has 0 amide bonds. The van der Waals surface area contributed by atoms with Gasteiger partial charge in [0.15, 0.2) is 0 Å². The molecule has 0 fully saturated rings. The van der Waals surface area contributed by atoms with Crippen LogP contribution in [0.3, 0.4) is 0 Å². The lowest BCUT2D eigenvalue weighted by Gasteiger charge is -1.96. The van der Waals surface area contributed by atoms with Crippen molar-refractivity contribution in [2.45, 2.75) is 13.3 Å². The molecule has 0 radical (unpaired) electrons. The Morgan fingerprint density at radius 1 is 1.73 bits per heavy atom. The Morgan fingerprint density at radius 3 is 2.93 bits per heavy atom. The van der Waals surface area contributed by atoms with Crippen molar-refractivity contribution in [1.82, 2.24) is 9.78 Å². The number of hydrogen-bond acceptors (Lipinski definition) is 5. The number of hydrogen-bond donors (Lipinski definition) is 0. The first-order chi connectivity index (χ1) is 7.07. The number of nitro groups is 1. The van der Waals surface area contributed by atoms with Gasteiger partial charge in [-0.3, -0.25) is 14.8 Å². The monoisotopic (exact) mass is 212 g/mol. The van der Waals surface area contributed by atoms with Gasteiger partial charge in [-0.1, -0.05) is 5.16 Å². The average molecular weight is 212 g/mol. The summed E-state index contributed by atoms with van der Waals surface area (Å²) < 4.78 is 1.48. The summed E-state index contributed by atoms with van der Waals surface area (Å²) in [6.07, 6.45) is 1.78. The van der Waals surface area contributed by atoms with Gasteiger partial charge in [-0.25, -0.2) is 0 Å². The summed E-state index contributed by atoms with van der Waals surface area (Å²) in [6.45, 7) is 1.61. The Bertz CT molecular complexity index is 397. The van der Waals surface area contributed by atoms with Crippen molar-refractivity contribution in [2.24, 2.45) is 12.2 Å². The molecular weight excluding hydrogens is 200 g/mol. The topological polar surface area (TPSA) is 82.6 Å². The van der Waals surface area contributed by atoms with Crippen LogP contribution in [0.4, 0.5) is 5.69 Å². The molecule has 7 heteroatoms. The van der Waals surface area contributed by atoms with Crippen molar-refractivity contribution in [1.29, 1.82) is 0 Å². The van der Waals surface area contributed by atoms with Crippen LogP contribution in [0.25, 0.3) is 0 Å². The molecule has 82 valence electrons. The molecule has 0 saturated heterocycles. The molecule has 1 aromatic heterocycles. The Labute approximate surface area is 86.5 Å². The van der Waals surface area contributed by atoms with Gasteiger partial charge in [-0.2, -0.15) is 5.10 Å². The standard InChI is InChI=1S/C8H12N4O3/c1-6-8(12(13)14)7(11(2)10-6)4-5-9-15-3/h5H,4H2,1-3H3. The highest BCUT2D eigenvalue weighted by molar-refractivity contribution is 5.63. The van der Waals surface area contributed by atoms with E-state index in [4.69, 9.17) is 0 Å². The normalized spacial score (nSPS) is 10.9. The van der Waals surface area contributed by atoms with E-state index < -0.39 is 4.92 Å². The van der Waals surface area contributed by atoms with E-state index in [9.17, 15) is 10.1 Å². The number of nitrogens with zero attached hydrogens (tertiary/aromatic N) is 4. The van der Waals surface area contributed by atoms with E-state index in [1.54, 1.807) is 14.0 Å². The van der Waals surface area contributed by atoms with E-state index in [1.165, 1.54) is 18.0 Å². The van der Waals surface area contributed by atoms with Gasteiger partial charge in [-0.15, -0.1) is 0 Å². The molecule has 1 heterocycles. The van der Waals surface area contributed by atoms with Gasteiger partial charge < -0.3 is 4.84 Å². The van der Waals surface area contributed by atoms with Gasteiger partial charge in [0.1, 0.15) is 18.5 Å². The van der Waals surface area contributed by atoms with E-state index in [1.807, 2.05) is 0 Å². The second-order valence-corrected chi connectivity index (χ2v) is 2.94. The van der Waals surface area contributed by atoms with Crippen LogP contribution in [0.15, 0.2) is 5.16 Å². The summed E-state index contributed by atoms with van der Waals surface area (Å²) in [6, 6.07) is 0. The van der Waals surface area contributed by atoms with Crippen molar-refractivity contribution in [3.63, 3.8) is 0 Å². The lowest BCUT2D eigenvalue weighted by Crippen LogP contribution is -2.01. The fourth-order valence-corrected chi connectivity index (χ4v) is 1.36. The number of oxime groups is 1. The van der Waals surface area contributed by atoms with Crippen LogP contribution in [0.1, 0.15) is 11.4 Å². The molecule has 0 bridgehead atoms. The van der Waals surface area contributed by atoms with E-state index in [2.05, 4.69) is 15.1 Å². The molecular formula is C8H12N4O3. The predicted molar refractivity (Wildman–Crippen MR) is 53.8 cm³/mol. The van der Waals surface area contributed by atoms with Crippen LogP contribution >= 0.6 is 0 Å². The first-order valence-corrected chi connectivity index (χ1v) is 4.29. The smallest absolute Gasteiger partial charge is 0.313 e. The molecule has 0 unspecified atom stereocenters. The van der Waals surface area contributed by atoms with Crippen LogP contribution in [0, 0.1) is 17.0 Å². The van der Waals surface area contributed by atoms with Crippen LogP contribution < -0.4 is 0 Å². The minimum absolute atomic E-state index is 0.0417. The zero-order chi connectivity index (χ0) is 11.4. The van der Waals surface area contributed by atoms with Gasteiger partial charge in [0, 0.05) is 19.7 Å². The third kappa shape index (κ3) is 2.30. The summed E-state index contributed by atoms with van der Waals surface area (Å²) in [4.78, 5) is 14.8. The zero-order valence-electron chi connectivity index (χ0n) is 8.80. The highest BCUT2D eigenvalue weighted by Crippen LogP contribution is 2.21. The maximum Gasteiger partial charge on any atom is 0.313 e. The molecule has 0 N–H and O–H groups in total. The predicted octanol–water partition coefficient (Wildman–Crippen LogP) is 0.811. The average Bonchev–Trinajstić information content (AvgIpc) is 2.42. The van der Waals surface area contributed by atoms with E-state index in [-0.39, 0.29) is 5.69 Å². The molecule has 0 aliphatic heterocycles. The number of rotatable bonds is 4. The quantitative estimate of drug-likeness (QED) is 0.420. The first-order valence-electron chi connectivity index (χ1n) is 4.29. The SMILES string of the molecule is CON=CCc1c([N+](=O)[O-])c(C)nn1C. The Balaban J connectivity index is 3.04. The molecule has 0 saturated carbocycles. The van der Waals surface area contributed by atoms with Crippen molar-refractivity contribution in [3.8, 4) is 0 Å². The van der Waals surface area contributed by atoms with Crippen molar-refractivity contribution in [3.05, 3.63) is 21.5 Å². The zero-order valence-corrected chi connectivity index (χ0v) is 8.80. The summed E-state index contributed by atoms with van der Waals surface area (Å²) in [5.41, 5.74) is 0.960. The van der Waals surface area contributed by atoms with E-state index >= 15 is 0 Å². The molecule has 7 nitrogen and oxygen atoms in total. The summed E-state index contributed by atoms with van der Waals surface area (Å²) in [5.74, 6) is 0. The van der Waals surface area contributed by atoms with Gasteiger partial charge in [-0.05, 0) is 6.92 Å². The number of aromatic nitrogens is 2. The molecule has 0 atom stereocenters. The van der Waals surface area contributed by atoms with Crippen LogP contribution in [-0.2, 0) is 18.3 Å². The largest absolute Gasteiger partial charge is 0.399 e. The maximum absolute atomic E-state index is 10.8. The van der Waals surface area contributed by atoms with Gasteiger partial charge in [0.25, 0.3) is 0 Å². The Hall–Kier alpha value is -1.92. The van der Waals surface area contributed by atoms with Crippen molar-refractivity contribution >= 4 is 11.9 Å². The third-order valence-corrected chi connectivity index (χ3v) is 1.95. The van der Waals surface area contributed by atoms with E-state index in [0.717, 1.165) is 0 Å². The molecule has 0 spiro atoms. The minimum atomic E-state index is -0.432. The van der Waals surface area contributed by atoms with Gasteiger partial charge in [0.2, 0.25) is 0 Å². The fourth-order valence-electron chi connectivity index (χ4n) is 1.36. The van der Waals surface area contributed by atoms with Crippen LogP contribution in [0.5, 0.6) is 0 Å². The highest BCUT2D eigenvalue weighted by Gasteiger charge is 2.22. The molecule has 0 aliphatic carbocycles. The lowest BCUT2D eigenvalue weighted by atomic mass is 10.2. The summed E-state index contributed by atoms with van der Waals surface area (Å²) in [5, 5.41) is 18.3. The first kappa shape index (κ1) is 11.2. The second kappa shape index (κ2) is 4.54. The fraction of sp³-hybridized carbons (Fsp3) is 0.500. The lowest BCUT2D eigenvalue weighted by molar-refractivity contribution is -0.386. The molecule has 0 aliphatic rings. The van der Waals surface area contributed by atoms with Gasteiger partial charge >= 0.3 is 5.69 Å². The number of aryl methyl sites for hydroxylation is 2. The summed E-state index contributed by atoms with van der Waals surface area (Å²) >= 11 is 0.